The molecule has 0 heterocycles. The van der Waals surface area contributed by atoms with E-state index in [0.717, 1.165) is 43.9 Å². The van der Waals surface area contributed by atoms with Gasteiger partial charge in [-0.15, -0.1) is 11.8 Å². The van der Waals surface area contributed by atoms with Gasteiger partial charge in [-0.25, -0.2) is 8.78 Å². The van der Waals surface area contributed by atoms with Crippen LogP contribution in [0.5, 0.6) is 0 Å². The minimum atomic E-state index is -0.556. The van der Waals surface area contributed by atoms with E-state index < -0.39 is 17.2 Å². The van der Waals surface area contributed by atoms with Crippen LogP contribution in [0, 0.1) is 23.0 Å². The number of nitrogens with zero attached hydrogens (tertiary/aromatic N) is 1. The maximum atomic E-state index is 13.5. The van der Waals surface area contributed by atoms with Crippen molar-refractivity contribution >= 4 is 11.8 Å². The monoisotopic (exact) mass is 310 g/mol. The molecule has 114 valence electrons. The van der Waals surface area contributed by atoms with Crippen molar-refractivity contribution in [3.63, 3.8) is 0 Å². The lowest BCUT2D eigenvalue weighted by atomic mass is 9.92. The lowest BCUT2D eigenvalue weighted by Gasteiger charge is -2.26. The van der Waals surface area contributed by atoms with E-state index in [4.69, 9.17) is 0 Å². The van der Waals surface area contributed by atoms with Gasteiger partial charge in [-0.3, -0.25) is 5.32 Å². The van der Waals surface area contributed by atoms with Crippen LogP contribution in [0.25, 0.3) is 0 Å². The van der Waals surface area contributed by atoms with Crippen molar-refractivity contribution < 1.29 is 8.78 Å². The number of nitriles is 1. The molecule has 0 spiro atoms. The Morgan fingerprint density at radius 3 is 2.76 bits per heavy atom. The average Bonchev–Trinajstić information content (AvgIpc) is 3.28. The number of hydrogen-bond acceptors (Lipinski definition) is 3. The fraction of sp³-hybridized carbons (Fsp3) is 0.562. The van der Waals surface area contributed by atoms with Gasteiger partial charge in [-0.2, -0.15) is 5.26 Å². The Labute approximate surface area is 128 Å². The fourth-order valence-electron chi connectivity index (χ4n) is 2.28. The second-order valence-corrected chi connectivity index (χ2v) is 6.63. The molecule has 0 radical (unpaired) electrons. The maximum absolute atomic E-state index is 13.5. The number of benzene rings is 1. The Morgan fingerprint density at radius 1 is 1.43 bits per heavy atom. The largest absolute Gasteiger partial charge is 0.297 e. The summed E-state index contributed by atoms with van der Waals surface area (Å²) in [4.78, 5) is 0.464. The van der Waals surface area contributed by atoms with Gasteiger partial charge >= 0.3 is 0 Å². The van der Waals surface area contributed by atoms with Gasteiger partial charge in [-0.1, -0.05) is 6.92 Å². The molecule has 2 rings (SSSR count). The second kappa shape index (κ2) is 7.24. The predicted octanol–water partition coefficient (Wildman–Crippen LogP) is 4.26. The van der Waals surface area contributed by atoms with E-state index in [-0.39, 0.29) is 0 Å². The van der Waals surface area contributed by atoms with Crippen LogP contribution in [0.2, 0.25) is 0 Å². The van der Waals surface area contributed by atoms with Crippen molar-refractivity contribution in [3.8, 4) is 6.07 Å². The molecule has 0 aromatic heterocycles. The van der Waals surface area contributed by atoms with Crippen LogP contribution >= 0.6 is 11.8 Å². The highest BCUT2D eigenvalue weighted by molar-refractivity contribution is 7.99. The maximum Gasteiger partial charge on any atom is 0.139 e. The molecule has 0 aliphatic heterocycles. The van der Waals surface area contributed by atoms with E-state index in [2.05, 4.69) is 11.4 Å². The highest BCUT2D eigenvalue weighted by atomic mass is 32.2. The van der Waals surface area contributed by atoms with E-state index >= 15 is 0 Å². The van der Waals surface area contributed by atoms with E-state index in [0.29, 0.717) is 10.9 Å². The first-order valence-electron chi connectivity index (χ1n) is 7.35. The van der Waals surface area contributed by atoms with Gasteiger partial charge in [0.15, 0.2) is 0 Å². The van der Waals surface area contributed by atoms with Crippen molar-refractivity contribution in [2.75, 3.05) is 5.75 Å². The zero-order valence-electron chi connectivity index (χ0n) is 12.2. The summed E-state index contributed by atoms with van der Waals surface area (Å²) in [6, 6.07) is 6.54. The molecule has 0 amide bonds. The molecule has 5 heteroatoms. The van der Waals surface area contributed by atoms with Crippen molar-refractivity contribution in [3.05, 3.63) is 29.8 Å². The van der Waals surface area contributed by atoms with Gasteiger partial charge in [0.05, 0.1) is 6.07 Å². The Bertz CT molecular complexity index is 525. The number of nitrogens with one attached hydrogen (secondary N) is 1. The quantitative estimate of drug-likeness (QED) is 0.575. The van der Waals surface area contributed by atoms with E-state index in [1.54, 1.807) is 0 Å². The van der Waals surface area contributed by atoms with Crippen LogP contribution in [-0.2, 0) is 0 Å². The van der Waals surface area contributed by atoms with Crippen molar-refractivity contribution in [1.82, 2.24) is 5.32 Å². The summed E-state index contributed by atoms with van der Waals surface area (Å²) < 4.78 is 26.3. The zero-order valence-corrected chi connectivity index (χ0v) is 13.0. The first-order valence-corrected chi connectivity index (χ1v) is 8.34. The average molecular weight is 310 g/mol. The molecule has 1 N–H and O–H groups in total. The highest BCUT2D eigenvalue weighted by Gasteiger charge is 2.34. The normalized spacial score (nSPS) is 17.2. The van der Waals surface area contributed by atoms with E-state index in [1.165, 1.54) is 23.9 Å². The molecule has 1 fully saturated rings. The van der Waals surface area contributed by atoms with Gasteiger partial charge < -0.3 is 0 Å². The molecule has 21 heavy (non-hydrogen) atoms. The first-order chi connectivity index (χ1) is 10.1. The van der Waals surface area contributed by atoms with Crippen LogP contribution in [0.4, 0.5) is 8.78 Å². The molecule has 0 saturated heterocycles. The summed E-state index contributed by atoms with van der Waals surface area (Å²) in [5, 5.41) is 12.9. The van der Waals surface area contributed by atoms with Crippen molar-refractivity contribution in [2.45, 2.75) is 55.5 Å². The van der Waals surface area contributed by atoms with E-state index in [9.17, 15) is 14.0 Å². The third-order valence-electron chi connectivity index (χ3n) is 3.77. The van der Waals surface area contributed by atoms with Crippen LogP contribution in [0.15, 0.2) is 23.1 Å². The lowest BCUT2D eigenvalue weighted by Crippen LogP contribution is -2.44. The molecule has 2 nitrogen and oxygen atoms in total. The Kier molecular flexibility index (Phi) is 5.60. The molecular weight excluding hydrogens is 290 g/mol. The van der Waals surface area contributed by atoms with E-state index in [1.807, 2.05) is 6.92 Å². The highest BCUT2D eigenvalue weighted by Crippen LogP contribution is 2.28. The van der Waals surface area contributed by atoms with Crippen LogP contribution in [0.1, 0.15) is 39.0 Å². The Balaban J connectivity index is 1.81. The molecule has 1 aliphatic carbocycles. The topological polar surface area (TPSA) is 35.8 Å². The zero-order chi connectivity index (χ0) is 15.3. The van der Waals surface area contributed by atoms with Gasteiger partial charge in [-0.05, 0) is 50.0 Å². The standard InChI is InChI=1S/C16H20F2N2S/c1-2-16(11-19,20-13-5-6-13)8-3-9-21-15-7-4-12(17)10-14(15)18/h4,7,10,13,20H,2-3,5-6,8-9H2,1H3. The summed E-state index contributed by atoms with van der Waals surface area (Å²) in [5.41, 5.74) is -0.455. The van der Waals surface area contributed by atoms with Crippen LogP contribution < -0.4 is 5.32 Å². The number of rotatable bonds is 8. The summed E-state index contributed by atoms with van der Waals surface area (Å²) in [7, 11) is 0. The number of hydrogen-bond donors (Lipinski definition) is 1. The summed E-state index contributed by atoms with van der Waals surface area (Å²) >= 11 is 1.37. The molecular formula is C16H20F2N2S. The number of thioether (sulfide) groups is 1. The van der Waals surface area contributed by atoms with Gasteiger partial charge in [0.25, 0.3) is 0 Å². The smallest absolute Gasteiger partial charge is 0.139 e. The third-order valence-corrected chi connectivity index (χ3v) is 4.91. The molecule has 1 atom stereocenters. The first kappa shape index (κ1) is 16.3. The lowest BCUT2D eigenvalue weighted by molar-refractivity contribution is 0.367. The second-order valence-electron chi connectivity index (χ2n) is 5.49. The summed E-state index contributed by atoms with van der Waals surface area (Å²) in [6.07, 6.45) is 4.66. The predicted molar refractivity (Wildman–Crippen MR) is 81.1 cm³/mol. The SMILES string of the molecule is CCC(C#N)(CCCSc1ccc(F)cc1F)NC1CC1. The third kappa shape index (κ3) is 4.69. The number of halogens is 2. The van der Waals surface area contributed by atoms with Gasteiger partial charge in [0, 0.05) is 17.0 Å². The van der Waals surface area contributed by atoms with Crippen molar-refractivity contribution in [2.24, 2.45) is 0 Å². The summed E-state index contributed by atoms with van der Waals surface area (Å²) in [6.45, 7) is 2.02. The molecule has 1 saturated carbocycles. The Hall–Kier alpha value is -1.12. The molecule has 1 aromatic carbocycles. The summed E-state index contributed by atoms with van der Waals surface area (Å²) in [5.74, 6) is -0.351. The molecule has 0 bridgehead atoms. The molecule has 1 aromatic rings. The van der Waals surface area contributed by atoms with Gasteiger partial charge in [0.1, 0.15) is 17.2 Å². The van der Waals surface area contributed by atoms with Crippen LogP contribution in [0.3, 0.4) is 0 Å². The Morgan fingerprint density at radius 2 is 2.19 bits per heavy atom. The fourth-order valence-corrected chi connectivity index (χ4v) is 3.15. The van der Waals surface area contributed by atoms with Crippen molar-refractivity contribution in [1.29, 1.82) is 5.26 Å². The minimum absolute atomic E-state index is 0.455. The minimum Gasteiger partial charge on any atom is -0.297 e. The van der Waals surface area contributed by atoms with Gasteiger partial charge in [0.2, 0.25) is 0 Å². The van der Waals surface area contributed by atoms with Crippen LogP contribution in [-0.4, -0.2) is 17.3 Å². The molecule has 1 aliphatic rings. The molecule has 1 unspecified atom stereocenters.